The number of fused-ring (bicyclic) bond motifs is 1. The lowest BCUT2D eigenvalue weighted by Gasteiger charge is -2.23. The Hall–Kier alpha value is -2.95. The molecule has 26 heavy (non-hydrogen) atoms. The fourth-order valence-electron chi connectivity index (χ4n) is 2.73. The van der Waals surface area contributed by atoms with Gasteiger partial charge in [0.15, 0.2) is 0 Å². The predicted molar refractivity (Wildman–Crippen MR) is 100 cm³/mol. The Labute approximate surface area is 152 Å². The van der Waals surface area contributed by atoms with Crippen LogP contribution in [-0.4, -0.2) is 18.8 Å². The van der Waals surface area contributed by atoms with Gasteiger partial charge in [-0.3, -0.25) is 0 Å². The van der Waals surface area contributed by atoms with Crippen LogP contribution in [0.5, 0.6) is 5.95 Å². The topological polar surface area (TPSA) is 60.7 Å². The van der Waals surface area contributed by atoms with Gasteiger partial charge in [0.2, 0.25) is 0 Å². The summed E-state index contributed by atoms with van der Waals surface area (Å²) in [6.45, 7) is 5.48. The van der Waals surface area contributed by atoms with Crippen molar-refractivity contribution in [3.8, 4) is 5.95 Å². The first kappa shape index (κ1) is 17.9. The number of ether oxygens (including phenoxy) is 2. The fourth-order valence-corrected chi connectivity index (χ4v) is 2.73. The zero-order valence-corrected chi connectivity index (χ0v) is 15.4. The number of alkyl carbamates (subject to hydrolysis) is 1. The third kappa shape index (κ3) is 4.17. The molecule has 1 heterocycles. The van der Waals surface area contributed by atoms with E-state index in [1.54, 1.807) is 12.1 Å². The van der Waals surface area contributed by atoms with Gasteiger partial charge in [-0.1, -0.05) is 36.4 Å². The van der Waals surface area contributed by atoms with E-state index in [4.69, 9.17) is 13.9 Å². The Bertz CT molecular complexity index is 908. The van der Waals surface area contributed by atoms with Crippen molar-refractivity contribution in [2.24, 2.45) is 0 Å². The molecule has 1 amide bonds. The Kier molecular flexibility index (Phi) is 4.89. The number of amides is 1. The highest BCUT2D eigenvalue weighted by atomic mass is 16.6. The van der Waals surface area contributed by atoms with Crippen molar-refractivity contribution < 1.29 is 18.7 Å². The van der Waals surface area contributed by atoms with Crippen LogP contribution in [0.4, 0.5) is 4.79 Å². The van der Waals surface area contributed by atoms with Gasteiger partial charge in [-0.15, -0.1) is 0 Å². The van der Waals surface area contributed by atoms with Crippen LogP contribution in [-0.2, 0) is 4.74 Å². The van der Waals surface area contributed by atoms with Crippen molar-refractivity contribution in [1.29, 1.82) is 0 Å². The molecule has 0 spiro atoms. The van der Waals surface area contributed by atoms with E-state index < -0.39 is 17.7 Å². The van der Waals surface area contributed by atoms with Crippen molar-refractivity contribution in [2.75, 3.05) is 7.11 Å². The molecule has 5 heteroatoms. The fraction of sp³-hybridized carbons (Fsp3) is 0.286. The molecule has 0 saturated carbocycles. The smallest absolute Gasteiger partial charge is 0.408 e. The van der Waals surface area contributed by atoms with E-state index in [9.17, 15) is 4.79 Å². The number of furan rings is 1. The number of hydrogen-bond donors (Lipinski definition) is 1. The summed E-state index contributed by atoms with van der Waals surface area (Å²) in [6, 6.07) is 17.1. The van der Waals surface area contributed by atoms with E-state index in [0.29, 0.717) is 11.7 Å². The minimum Gasteiger partial charge on any atom is -0.468 e. The third-order valence-electron chi connectivity index (χ3n) is 3.86. The Morgan fingerprint density at radius 3 is 2.42 bits per heavy atom. The molecular formula is C21H23NO4. The maximum atomic E-state index is 12.3. The van der Waals surface area contributed by atoms with Gasteiger partial charge in [-0.2, -0.15) is 0 Å². The number of benzene rings is 2. The monoisotopic (exact) mass is 353 g/mol. The average molecular weight is 353 g/mol. The normalized spacial score (nSPS) is 12.6. The first-order valence-corrected chi connectivity index (χ1v) is 8.48. The molecule has 0 saturated heterocycles. The van der Waals surface area contributed by atoms with Gasteiger partial charge < -0.3 is 19.2 Å². The number of rotatable bonds is 4. The van der Waals surface area contributed by atoms with E-state index in [2.05, 4.69) is 5.32 Å². The quantitative estimate of drug-likeness (QED) is 0.712. The van der Waals surface area contributed by atoms with Gasteiger partial charge >= 0.3 is 6.09 Å². The van der Waals surface area contributed by atoms with Gasteiger partial charge in [-0.25, -0.2) is 4.79 Å². The van der Waals surface area contributed by atoms with Crippen molar-refractivity contribution in [3.05, 3.63) is 65.9 Å². The number of hydrogen-bond acceptors (Lipinski definition) is 4. The maximum absolute atomic E-state index is 12.3. The summed E-state index contributed by atoms with van der Waals surface area (Å²) in [5.41, 5.74) is 0.311. The van der Waals surface area contributed by atoms with E-state index in [0.717, 1.165) is 16.3 Å². The summed E-state index contributed by atoms with van der Waals surface area (Å²) in [4.78, 5) is 12.3. The zero-order valence-electron chi connectivity index (χ0n) is 15.4. The molecule has 1 atom stereocenters. The van der Waals surface area contributed by atoms with Crippen LogP contribution in [0.15, 0.2) is 59.0 Å². The molecule has 0 aliphatic carbocycles. The number of methoxy groups -OCH3 is 1. The van der Waals surface area contributed by atoms with Crippen molar-refractivity contribution >= 4 is 16.9 Å². The predicted octanol–water partition coefficient (Wildman–Crippen LogP) is 5.06. The Morgan fingerprint density at radius 2 is 1.77 bits per heavy atom. The molecule has 5 nitrogen and oxygen atoms in total. The molecule has 0 unspecified atom stereocenters. The van der Waals surface area contributed by atoms with Gasteiger partial charge in [0.1, 0.15) is 17.4 Å². The molecule has 3 rings (SSSR count). The second-order valence-corrected chi connectivity index (χ2v) is 7.05. The molecule has 0 aliphatic heterocycles. The van der Waals surface area contributed by atoms with Crippen LogP contribution in [0.3, 0.4) is 0 Å². The molecule has 1 aromatic heterocycles. The van der Waals surface area contributed by atoms with E-state index >= 15 is 0 Å². The molecule has 0 radical (unpaired) electrons. The highest BCUT2D eigenvalue weighted by Gasteiger charge is 2.24. The summed E-state index contributed by atoms with van der Waals surface area (Å²) in [6.07, 6.45) is -0.508. The molecule has 0 aliphatic rings. The van der Waals surface area contributed by atoms with Gasteiger partial charge in [0, 0.05) is 6.07 Å². The molecule has 3 aromatic rings. The Morgan fingerprint density at radius 1 is 1.04 bits per heavy atom. The molecular weight excluding hydrogens is 330 g/mol. The first-order valence-electron chi connectivity index (χ1n) is 8.48. The van der Waals surface area contributed by atoms with Crippen LogP contribution in [0.1, 0.15) is 38.1 Å². The molecule has 0 fully saturated rings. The summed E-state index contributed by atoms with van der Waals surface area (Å²) in [5, 5.41) is 5.11. The Balaban J connectivity index is 1.96. The highest BCUT2D eigenvalue weighted by molar-refractivity contribution is 5.83. The van der Waals surface area contributed by atoms with Gasteiger partial charge in [-0.05, 0) is 49.2 Å². The van der Waals surface area contributed by atoms with Crippen LogP contribution in [0, 0.1) is 0 Å². The standard InChI is InChI=1S/C21H23NO4/c1-21(2,3)26-20(23)22-19(17-11-12-18(24-4)25-17)16-10-9-14-7-5-6-8-15(14)13-16/h5-13,19H,1-4H3,(H,22,23)/t19-/m1/s1. The molecule has 1 N–H and O–H groups in total. The number of carbonyl (C=O) groups is 1. The van der Waals surface area contributed by atoms with Gasteiger partial charge in [0.25, 0.3) is 5.95 Å². The van der Waals surface area contributed by atoms with E-state index in [-0.39, 0.29) is 0 Å². The number of carbonyl (C=O) groups excluding carboxylic acids is 1. The van der Waals surface area contributed by atoms with Crippen LogP contribution in [0.2, 0.25) is 0 Å². The molecule has 2 aromatic carbocycles. The minimum absolute atomic E-state index is 0.386. The van der Waals surface area contributed by atoms with Crippen LogP contribution in [0.25, 0.3) is 10.8 Å². The third-order valence-corrected chi connectivity index (χ3v) is 3.86. The molecule has 0 bridgehead atoms. The van der Waals surface area contributed by atoms with Crippen LogP contribution < -0.4 is 10.1 Å². The lowest BCUT2D eigenvalue weighted by molar-refractivity contribution is 0.0506. The summed E-state index contributed by atoms with van der Waals surface area (Å²) in [5.74, 6) is 0.958. The van der Waals surface area contributed by atoms with E-state index in [1.807, 2.05) is 63.2 Å². The maximum Gasteiger partial charge on any atom is 0.408 e. The lowest BCUT2D eigenvalue weighted by atomic mass is 10.0. The summed E-state index contributed by atoms with van der Waals surface area (Å²) >= 11 is 0. The highest BCUT2D eigenvalue weighted by Crippen LogP contribution is 2.29. The number of nitrogens with one attached hydrogen (secondary N) is 1. The minimum atomic E-state index is -0.584. The van der Waals surface area contributed by atoms with E-state index in [1.165, 1.54) is 7.11 Å². The van der Waals surface area contributed by atoms with Crippen molar-refractivity contribution in [1.82, 2.24) is 5.32 Å². The summed E-state index contributed by atoms with van der Waals surface area (Å²) < 4.78 is 16.2. The van der Waals surface area contributed by atoms with Crippen molar-refractivity contribution in [3.63, 3.8) is 0 Å². The zero-order chi connectivity index (χ0) is 18.7. The first-order chi connectivity index (χ1) is 12.4. The molecule has 136 valence electrons. The van der Waals surface area contributed by atoms with Crippen molar-refractivity contribution in [2.45, 2.75) is 32.4 Å². The largest absolute Gasteiger partial charge is 0.468 e. The second-order valence-electron chi connectivity index (χ2n) is 7.05. The van der Waals surface area contributed by atoms with Crippen LogP contribution >= 0.6 is 0 Å². The lowest BCUT2D eigenvalue weighted by Crippen LogP contribution is -2.35. The average Bonchev–Trinajstić information content (AvgIpc) is 3.06. The summed E-state index contributed by atoms with van der Waals surface area (Å²) in [7, 11) is 1.54. The second kappa shape index (κ2) is 7.12. The SMILES string of the molecule is COc1ccc([C@H](NC(=O)OC(C)(C)C)c2ccc3ccccc3c2)o1. The van der Waals surface area contributed by atoms with Gasteiger partial charge in [0.05, 0.1) is 7.11 Å².